The minimum absolute atomic E-state index is 0. The quantitative estimate of drug-likeness (QED) is 0.206. The van der Waals surface area contributed by atoms with E-state index in [9.17, 15) is 0 Å². The maximum Gasteiger partial charge on any atom is -0.00262 e. The molecular formula is C40H34. The van der Waals surface area contributed by atoms with Crippen molar-refractivity contribution in [3.05, 3.63) is 144 Å². The third kappa shape index (κ3) is 4.17. The van der Waals surface area contributed by atoms with Crippen LogP contribution in [0.4, 0.5) is 0 Å². The molecule has 0 spiro atoms. The lowest BCUT2D eigenvalue weighted by Gasteiger charge is -2.19. The zero-order valence-corrected chi connectivity index (χ0v) is 22.6. The monoisotopic (exact) mass is 514 g/mol. The third-order valence-corrected chi connectivity index (χ3v) is 8.09. The van der Waals surface area contributed by atoms with Crippen LogP contribution in [0.25, 0.3) is 65.7 Å². The zero-order chi connectivity index (χ0) is 26.5. The highest BCUT2D eigenvalue weighted by Gasteiger charge is 2.17. The molecule has 0 unspecified atom stereocenters. The number of fused-ring (bicyclic) bond motifs is 3. The Kier molecular flexibility index (Phi) is 6.48. The summed E-state index contributed by atoms with van der Waals surface area (Å²) in [5.41, 5.74) is 11.7. The van der Waals surface area contributed by atoms with Crippen molar-refractivity contribution in [3.63, 3.8) is 0 Å². The van der Waals surface area contributed by atoms with E-state index in [1.54, 1.807) is 0 Å². The molecule has 0 heterocycles. The van der Waals surface area contributed by atoms with Crippen LogP contribution in [0, 0.1) is 20.8 Å². The molecule has 0 nitrogen and oxygen atoms in total. The van der Waals surface area contributed by atoms with Gasteiger partial charge in [0, 0.05) is 0 Å². The largest absolute Gasteiger partial charge is 0.0776 e. The van der Waals surface area contributed by atoms with Crippen LogP contribution in [0.2, 0.25) is 0 Å². The maximum absolute atomic E-state index is 2.38. The Bertz CT molecular complexity index is 1960. The maximum atomic E-state index is 2.38. The minimum atomic E-state index is 0. The molecule has 0 heteroatoms. The van der Waals surface area contributed by atoms with Gasteiger partial charge in [-0.05, 0) is 110 Å². The van der Waals surface area contributed by atoms with Crippen LogP contribution >= 0.6 is 0 Å². The molecule has 40 heavy (non-hydrogen) atoms. The number of rotatable bonds is 3. The number of hydrogen-bond acceptors (Lipinski definition) is 0. The van der Waals surface area contributed by atoms with Crippen molar-refractivity contribution in [2.24, 2.45) is 0 Å². The molecule has 0 N–H and O–H groups in total. The molecule has 7 aromatic rings. The normalized spacial score (nSPS) is 11.2. The second kappa shape index (κ2) is 10.1. The molecule has 0 radical (unpaired) electrons. The van der Waals surface area contributed by atoms with E-state index < -0.39 is 0 Å². The summed E-state index contributed by atoms with van der Waals surface area (Å²) in [4.78, 5) is 0. The van der Waals surface area contributed by atoms with Gasteiger partial charge in [0.2, 0.25) is 0 Å². The van der Waals surface area contributed by atoms with Crippen LogP contribution in [0.5, 0.6) is 0 Å². The molecule has 194 valence electrons. The van der Waals surface area contributed by atoms with Gasteiger partial charge in [-0.15, -0.1) is 0 Å². The van der Waals surface area contributed by atoms with E-state index in [-0.39, 0.29) is 7.43 Å². The molecule has 0 aliphatic carbocycles. The molecule has 0 bridgehead atoms. The van der Waals surface area contributed by atoms with Gasteiger partial charge in [0.25, 0.3) is 0 Å². The van der Waals surface area contributed by atoms with E-state index in [0.717, 1.165) is 0 Å². The highest BCUT2D eigenvalue weighted by molar-refractivity contribution is 6.21. The highest BCUT2D eigenvalue weighted by atomic mass is 14.2. The first-order valence-corrected chi connectivity index (χ1v) is 13.7. The summed E-state index contributed by atoms with van der Waals surface area (Å²) in [6.45, 7) is 6.63. The lowest BCUT2D eigenvalue weighted by molar-refractivity contribution is 1.32. The van der Waals surface area contributed by atoms with Crippen LogP contribution in [0.1, 0.15) is 24.1 Å². The van der Waals surface area contributed by atoms with Gasteiger partial charge in [-0.25, -0.2) is 0 Å². The molecule has 0 aromatic heterocycles. The first-order chi connectivity index (χ1) is 19.1. The van der Waals surface area contributed by atoms with E-state index in [1.807, 2.05) is 0 Å². The average Bonchev–Trinajstić information content (AvgIpc) is 2.95. The zero-order valence-electron chi connectivity index (χ0n) is 22.6. The number of benzene rings is 7. The molecule has 7 rings (SSSR count). The van der Waals surface area contributed by atoms with Crippen LogP contribution in [-0.2, 0) is 0 Å². The molecular weight excluding hydrogens is 480 g/mol. The summed E-state index contributed by atoms with van der Waals surface area (Å²) in [5, 5.41) is 7.68. The predicted molar refractivity (Wildman–Crippen MR) is 176 cm³/mol. The molecule has 0 amide bonds. The van der Waals surface area contributed by atoms with E-state index >= 15 is 0 Å². The van der Waals surface area contributed by atoms with Gasteiger partial charge < -0.3 is 0 Å². The molecule has 0 aliphatic heterocycles. The van der Waals surface area contributed by atoms with Crippen LogP contribution in [0.3, 0.4) is 0 Å². The van der Waals surface area contributed by atoms with Crippen molar-refractivity contribution in [2.75, 3.05) is 0 Å². The lowest BCUT2D eigenvalue weighted by atomic mass is 9.84. The minimum Gasteiger partial charge on any atom is -0.0776 e. The molecule has 7 aromatic carbocycles. The van der Waals surface area contributed by atoms with Crippen molar-refractivity contribution in [3.8, 4) is 33.4 Å². The summed E-state index contributed by atoms with van der Waals surface area (Å²) in [6.07, 6.45) is 0. The fourth-order valence-electron chi connectivity index (χ4n) is 6.56. The van der Waals surface area contributed by atoms with E-state index in [0.29, 0.717) is 0 Å². The van der Waals surface area contributed by atoms with Gasteiger partial charge in [0.15, 0.2) is 0 Å². The topological polar surface area (TPSA) is 0 Å². The Balaban J connectivity index is 0.00000289. The summed E-state index contributed by atoms with van der Waals surface area (Å²) < 4.78 is 0. The first kappa shape index (κ1) is 25.6. The predicted octanol–water partition coefficient (Wildman–Crippen LogP) is 11.7. The van der Waals surface area contributed by atoms with Crippen molar-refractivity contribution in [1.29, 1.82) is 0 Å². The average molecular weight is 515 g/mol. The van der Waals surface area contributed by atoms with Crippen LogP contribution in [0.15, 0.2) is 127 Å². The van der Waals surface area contributed by atoms with Gasteiger partial charge in [0.05, 0.1) is 0 Å². The third-order valence-electron chi connectivity index (χ3n) is 8.09. The van der Waals surface area contributed by atoms with Crippen molar-refractivity contribution in [2.45, 2.75) is 28.2 Å². The van der Waals surface area contributed by atoms with Gasteiger partial charge in [-0.2, -0.15) is 0 Å². The van der Waals surface area contributed by atoms with Crippen molar-refractivity contribution in [1.82, 2.24) is 0 Å². The van der Waals surface area contributed by atoms with E-state index in [1.165, 1.54) is 82.4 Å². The number of hydrogen-bond donors (Lipinski definition) is 0. The molecule has 0 aliphatic rings. The van der Waals surface area contributed by atoms with Crippen molar-refractivity contribution >= 4 is 32.3 Å². The van der Waals surface area contributed by atoms with Crippen molar-refractivity contribution < 1.29 is 0 Å². The second-order valence-corrected chi connectivity index (χ2v) is 10.8. The van der Waals surface area contributed by atoms with Gasteiger partial charge in [-0.3, -0.25) is 0 Å². The Labute approximate surface area is 237 Å². The summed E-state index contributed by atoms with van der Waals surface area (Å²) in [6, 6.07) is 47.0. The fraction of sp³-hybridized carbons (Fsp3) is 0.100. The van der Waals surface area contributed by atoms with E-state index in [2.05, 4.69) is 148 Å². The van der Waals surface area contributed by atoms with Gasteiger partial charge >= 0.3 is 0 Å². The number of aryl methyl sites for hydroxylation is 3. The Morgan fingerprint density at radius 1 is 0.350 bits per heavy atom. The summed E-state index contributed by atoms with van der Waals surface area (Å²) >= 11 is 0. The van der Waals surface area contributed by atoms with Gasteiger partial charge in [-0.1, -0.05) is 128 Å². The molecule has 0 saturated carbocycles. The van der Waals surface area contributed by atoms with Gasteiger partial charge in [0.1, 0.15) is 0 Å². The highest BCUT2D eigenvalue weighted by Crippen LogP contribution is 2.44. The smallest absolute Gasteiger partial charge is 0.00262 e. The molecule has 0 fully saturated rings. The Hall–Kier alpha value is -4.68. The van der Waals surface area contributed by atoms with E-state index in [4.69, 9.17) is 0 Å². The summed E-state index contributed by atoms with van der Waals surface area (Å²) in [5.74, 6) is 0. The first-order valence-electron chi connectivity index (χ1n) is 13.7. The SMILES string of the molecule is C.Cc1cc(C)c(-c2cccc(-c3c4ccccc4c(-c4ccc5ccccc5c4)c4ccccc34)c2)c(C)c1. The molecule has 0 saturated heterocycles. The standard InChI is InChI=1S/C39H30.CH4/c1-25-21-26(2)37(27(3)22-25)30-13-10-14-31(24-30)38-33-15-6-8-17-35(33)39(36-18-9-7-16-34(36)38)32-20-19-28-11-4-5-12-29(28)23-32;/h4-24H,1-3H3;1H4. The Morgan fingerprint density at radius 2 is 0.800 bits per heavy atom. The van der Waals surface area contributed by atoms with Crippen LogP contribution < -0.4 is 0 Å². The second-order valence-electron chi connectivity index (χ2n) is 10.8. The van der Waals surface area contributed by atoms with Crippen LogP contribution in [-0.4, -0.2) is 0 Å². The fourth-order valence-corrected chi connectivity index (χ4v) is 6.56. The Morgan fingerprint density at radius 3 is 1.35 bits per heavy atom. The molecule has 0 atom stereocenters. The summed E-state index contributed by atoms with van der Waals surface area (Å²) in [7, 11) is 0. The lowest BCUT2D eigenvalue weighted by Crippen LogP contribution is -1.93.